The van der Waals surface area contributed by atoms with Crippen molar-refractivity contribution in [1.29, 1.82) is 0 Å². The minimum Gasteiger partial charge on any atom is -0.365 e. The molecule has 1 heterocycles. The van der Waals surface area contributed by atoms with E-state index in [4.69, 9.17) is 28.9 Å². The Morgan fingerprint density at radius 3 is 2.71 bits per heavy atom. The lowest BCUT2D eigenvalue weighted by molar-refractivity contribution is 0.100. The Balaban J connectivity index is 1.91. The van der Waals surface area contributed by atoms with E-state index in [1.807, 2.05) is 4.68 Å². The number of carbonyl (C=O) groups is 1. The van der Waals surface area contributed by atoms with Gasteiger partial charge in [0.05, 0.1) is 16.1 Å². The summed E-state index contributed by atoms with van der Waals surface area (Å²) in [7, 11) is 0. The third-order valence-electron chi connectivity index (χ3n) is 4.59. The summed E-state index contributed by atoms with van der Waals surface area (Å²) in [5.74, 6) is 0.461. The molecular weight excluding hydrogens is 347 g/mol. The molecule has 0 saturated heterocycles. The van der Waals surface area contributed by atoms with Gasteiger partial charge in [-0.25, -0.2) is 0 Å². The molecule has 1 saturated carbocycles. The van der Waals surface area contributed by atoms with E-state index >= 15 is 0 Å². The van der Waals surface area contributed by atoms with Gasteiger partial charge in [-0.05, 0) is 37.0 Å². The van der Waals surface area contributed by atoms with E-state index in [0.29, 0.717) is 39.1 Å². The number of carbonyl (C=O) groups excluding carboxylic acids is 1. The highest BCUT2D eigenvalue weighted by atomic mass is 35.5. The van der Waals surface area contributed by atoms with Gasteiger partial charge < -0.3 is 11.1 Å². The van der Waals surface area contributed by atoms with Gasteiger partial charge in [-0.15, -0.1) is 0 Å². The van der Waals surface area contributed by atoms with Gasteiger partial charge in [-0.3, -0.25) is 9.48 Å². The summed E-state index contributed by atoms with van der Waals surface area (Å²) in [6.45, 7) is 2.22. The first kappa shape index (κ1) is 17.1. The molecule has 1 aromatic heterocycles. The lowest BCUT2D eigenvalue weighted by atomic mass is 9.86. The fourth-order valence-corrected chi connectivity index (χ4v) is 3.53. The number of nitrogens with one attached hydrogen (secondary N) is 1. The average Bonchev–Trinajstić information content (AvgIpc) is 2.95. The first-order valence-corrected chi connectivity index (χ1v) is 8.82. The van der Waals surface area contributed by atoms with Crippen molar-refractivity contribution in [3.05, 3.63) is 40.0 Å². The maximum atomic E-state index is 11.8. The fraction of sp³-hybridized carbons (Fsp3) is 0.412. The van der Waals surface area contributed by atoms with Gasteiger partial charge in [0.25, 0.3) is 5.91 Å². The van der Waals surface area contributed by atoms with Gasteiger partial charge in [0, 0.05) is 11.9 Å². The second-order valence-electron chi connectivity index (χ2n) is 6.32. The number of hydrogen-bond donors (Lipinski definition) is 2. The summed E-state index contributed by atoms with van der Waals surface area (Å²) < 4.78 is 1.88. The number of primary amides is 1. The van der Waals surface area contributed by atoms with E-state index in [2.05, 4.69) is 17.3 Å². The molecule has 1 aromatic carbocycles. The second-order valence-corrected chi connectivity index (χ2v) is 7.13. The van der Waals surface area contributed by atoms with E-state index in [1.165, 1.54) is 19.3 Å². The topological polar surface area (TPSA) is 72.9 Å². The highest BCUT2D eigenvalue weighted by Gasteiger charge is 2.26. The van der Waals surface area contributed by atoms with Gasteiger partial charge in [0.2, 0.25) is 0 Å². The zero-order valence-corrected chi connectivity index (χ0v) is 14.9. The number of hydrogen-bond acceptors (Lipinski definition) is 3. The molecule has 0 spiro atoms. The van der Waals surface area contributed by atoms with Crippen LogP contribution in [-0.4, -0.2) is 15.7 Å². The van der Waals surface area contributed by atoms with Crippen LogP contribution in [0.5, 0.6) is 0 Å². The van der Waals surface area contributed by atoms with Crippen molar-refractivity contribution >= 4 is 40.6 Å². The Morgan fingerprint density at radius 1 is 1.29 bits per heavy atom. The zero-order chi connectivity index (χ0) is 17.3. The minimum absolute atomic E-state index is 0.293. The Hall–Kier alpha value is -1.72. The molecule has 0 bridgehead atoms. The molecule has 3 rings (SSSR count). The first-order chi connectivity index (χ1) is 11.5. The van der Waals surface area contributed by atoms with E-state index in [-0.39, 0.29) is 0 Å². The van der Waals surface area contributed by atoms with Crippen molar-refractivity contribution in [3.8, 4) is 0 Å². The molecule has 1 aliphatic rings. The normalized spacial score (nSPS) is 20.8. The third kappa shape index (κ3) is 3.52. The maximum absolute atomic E-state index is 11.8. The Labute approximate surface area is 151 Å². The Bertz CT molecular complexity index is 759. The molecule has 1 amide bonds. The summed E-state index contributed by atoms with van der Waals surface area (Å²) in [5.41, 5.74) is 6.60. The Morgan fingerprint density at radius 2 is 2.04 bits per heavy atom. The predicted octanol–water partition coefficient (Wildman–Crippen LogP) is 4.78. The summed E-state index contributed by atoms with van der Waals surface area (Å²) in [4.78, 5) is 11.8. The molecule has 2 aromatic rings. The molecule has 2 atom stereocenters. The van der Waals surface area contributed by atoms with Crippen LogP contribution >= 0.6 is 23.2 Å². The molecule has 7 heteroatoms. The number of rotatable bonds is 4. The highest BCUT2D eigenvalue weighted by Crippen LogP contribution is 2.34. The van der Waals surface area contributed by atoms with Crippen molar-refractivity contribution < 1.29 is 4.79 Å². The summed E-state index contributed by atoms with van der Waals surface area (Å²) in [6.07, 6.45) is 6.40. The van der Waals surface area contributed by atoms with Gasteiger partial charge in [0.1, 0.15) is 5.56 Å². The molecule has 0 unspecified atom stereocenters. The van der Waals surface area contributed by atoms with Crippen LogP contribution in [0.25, 0.3) is 0 Å². The molecule has 0 radical (unpaired) electrons. The van der Waals surface area contributed by atoms with E-state index in [1.54, 1.807) is 24.4 Å². The molecule has 5 nitrogen and oxygen atoms in total. The van der Waals surface area contributed by atoms with Crippen molar-refractivity contribution in [1.82, 2.24) is 9.78 Å². The summed E-state index contributed by atoms with van der Waals surface area (Å²) in [6, 6.07) is 5.45. The van der Waals surface area contributed by atoms with Crippen LogP contribution in [-0.2, 0) is 0 Å². The quantitative estimate of drug-likeness (QED) is 0.817. The van der Waals surface area contributed by atoms with E-state index < -0.39 is 5.91 Å². The van der Waals surface area contributed by atoms with Crippen molar-refractivity contribution in [3.63, 3.8) is 0 Å². The van der Waals surface area contributed by atoms with Crippen LogP contribution in [0.4, 0.5) is 11.5 Å². The maximum Gasteiger partial charge on any atom is 0.254 e. The minimum atomic E-state index is -0.507. The number of halogens is 2. The number of nitrogens with two attached hydrogens (primary N) is 1. The van der Waals surface area contributed by atoms with Crippen LogP contribution in [0.3, 0.4) is 0 Å². The number of benzene rings is 1. The number of amides is 1. The molecule has 3 N–H and O–H groups in total. The van der Waals surface area contributed by atoms with Gasteiger partial charge in [0.15, 0.2) is 5.82 Å². The van der Waals surface area contributed by atoms with Crippen molar-refractivity contribution in [2.45, 2.75) is 38.6 Å². The van der Waals surface area contributed by atoms with Crippen LogP contribution in [0, 0.1) is 5.92 Å². The highest BCUT2D eigenvalue weighted by molar-refractivity contribution is 6.42. The molecule has 1 fully saturated rings. The largest absolute Gasteiger partial charge is 0.365 e. The van der Waals surface area contributed by atoms with E-state index in [9.17, 15) is 4.79 Å². The summed E-state index contributed by atoms with van der Waals surface area (Å²) >= 11 is 12.0. The van der Waals surface area contributed by atoms with Gasteiger partial charge in [-0.2, -0.15) is 5.10 Å². The molecular formula is C17H20Cl2N4O. The molecule has 128 valence electrons. The van der Waals surface area contributed by atoms with Crippen LogP contribution in [0.1, 0.15) is 49.0 Å². The number of aromatic nitrogens is 2. The van der Waals surface area contributed by atoms with Crippen LogP contribution in [0.15, 0.2) is 24.4 Å². The summed E-state index contributed by atoms with van der Waals surface area (Å²) in [5, 5.41) is 8.61. The third-order valence-corrected chi connectivity index (χ3v) is 5.32. The lowest BCUT2D eigenvalue weighted by Crippen LogP contribution is -2.21. The van der Waals surface area contributed by atoms with Crippen molar-refractivity contribution in [2.75, 3.05) is 5.32 Å². The van der Waals surface area contributed by atoms with Crippen LogP contribution in [0.2, 0.25) is 10.0 Å². The van der Waals surface area contributed by atoms with Crippen LogP contribution < -0.4 is 11.1 Å². The van der Waals surface area contributed by atoms with Gasteiger partial charge >= 0.3 is 0 Å². The molecule has 1 aliphatic carbocycles. The van der Waals surface area contributed by atoms with Gasteiger partial charge in [-0.1, -0.05) is 43.0 Å². The smallest absolute Gasteiger partial charge is 0.254 e. The monoisotopic (exact) mass is 366 g/mol. The average molecular weight is 367 g/mol. The second kappa shape index (κ2) is 7.03. The first-order valence-electron chi connectivity index (χ1n) is 8.06. The lowest BCUT2D eigenvalue weighted by Gasteiger charge is -2.28. The standard InChI is InChI=1S/C17H20Cl2N4O/c1-10-4-2-3-5-15(10)23-9-12(16(20)24)17(22-23)21-11-6-7-13(18)14(19)8-11/h6-10,15H,2-5H2,1H3,(H2,20,24)(H,21,22)/t10-,15-/m0/s1. The zero-order valence-electron chi connectivity index (χ0n) is 13.4. The predicted molar refractivity (Wildman–Crippen MR) is 97.2 cm³/mol. The SMILES string of the molecule is C[C@H]1CCCC[C@@H]1n1cc(C(N)=O)c(Nc2ccc(Cl)c(Cl)c2)n1. The molecule has 24 heavy (non-hydrogen) atoms. The van der Waals surface area contributed by atoms with Crippen molar-refractivity contribution in [2.24, 2.45) is 11.7 Å². The number of anilines is 2. The van der Waals surface area contributed by atoms with E-state index in [0.717, 1.165) is 6.42 Å². The molecule has 0 aliphatic heterocycles. The number of nitrogens with zero attached hydrogens (tertiary/aromatic N) is 2. The fourth-order valence-electron chi connectivity index (χ4n) is 3.23. The Kier molecular flexibility index (Phi) is 5.01.